The van der Waals surface area contributed by atoms with E-state index in [0.717, 1.165) is 11.1 Å². The van der Waals surface area contributed by atoms with Crippen LogP contribution >= 0.6 is 0 Å². The van der Waals surface area contributed by atoms with Crippen molar-refractivity contribution in [2.45, 2.75) is 98.5 Å². The Morgan fingerprint density at radius 1 is 0.639 bits per heavy atom. The summed E-state index contributed by atoms with van der Waals surface area (Å²) in [6, 6.07) is 22.6. The summed E-state index contributed by atoms with van der Waals surface area (Å²) < 4.78 is 167. The van der Waals surface area contributed by atoms with Crippen molar-refractivity contribution in [1.82, 2.24) is 14.5 Å². The van der Waals surface area contributed by atoms with Crippen molar-refractivity contribution in [3.8, 4) is 67.5 Å². The number of benzene rings is 6. The lowest BCUT2D eigenvalue weighted by Crippen LogP contribution is -2.11. The number of nitrogens with zero attached hydrogens (tertiary/aromatic N) is 3. The standard InChI is InChI=1S/C57H59N3O/c1-35(2)42-32-48(36(3)4)54(61)49(33-42)55-59-53-47(18-15-19-52(53)60(55)51-25-22-40(28-37(51)5)38-16-13-12-14-17-38)43-29-44(31-46(30-43)57(9,10)11)50-34-41(26-27-58-50)39-20-23-45(24-21-39)56(6,7)8/h12-36,61H,1-11H3/i5D3,6D3,7D3,8D3,20D,21D,23D,24D,26D,27D,34D. The highest BCUT2D eigenvalue weighted by Crippen LogP contribution is 2.44. The minimum absolute atomic E-state index is 0.0119. The van der Waals surface area contributed by atoms with Gasteiger partial charge in [0.2, 0.25) is 0 Å². The minimum atomic E-state index is -3.94. The van der Waals surface area contributed by atoms with Crippen molar-refractivity contribution in [2.75, 3.05) is 0 Å². The fourth-order valence-electron chi connectivity index (χ4n) is 7.48. The van der Waals surface area contributed by atoms with Gasteiger partial charge in [-0.15, -0.1) is 0 Å². The molecule has 308 valence electrons. The maximum absolute atomic E-state index is 12.3. The second kappa shape index (κ2) is 16.0. The smallest absolute Gasteiger partial charge is 0.149 e. The average molecular weight is 821 g/mol. The zero-order valence-corrected chi connectivity index (χ0v) is 35.2. The van der Waals surface area contributed by atoms with Gasteiger partial charge in [-0.1, -0.05) is 154 Å². The molecule has 2 aromatic heterocycles. The first kappa shape index (κ1) is 24.3. The highest BCUT2D eigenvalue weighted by molar-refractivity contribution is 5.97. The molecule has 2 heterocycles. The molecule has 0 radical (unpaired) electrons. The Morgan fingerprint density at radius 2 is 1.39 bits per heavy atom. The molecule has 61 heavy (non-hydrogen) atoms. The number of imidazole rings is 1. The summed E-state index contributed by atoms with van der Waals surface area (Å²) in [7, 11) is 0. The molecular formula is C57H59N3O. The molecule has 8 rings (SSSR count). The molecule has 1 N–H and O–H groups in total. The summed E-state index contributed by atoms with van der Waals surface area (Å²) in [6.45, 7) is -0.694. The third-order valence-electron chi connectivity index (χ3n) is 10.9. The Hall–Kier alpha value is -6.26. The van der Waals surface area contributed by atoms with E-state index >= 15 is 0 Å². The zero-order valence-electron chi connectivity index (χ0n) is 54.2. The summed E-state index contributed by atoms with van der Waals surface area (Å²) in [5.41, 5.74) is -1.33. The van der Waals surface area contributed by atoms with E-state index in [4.69, 9.17) is 29.7 Å². The Balaban J connectivity index is 1.45. The van der Waals surface area contributed by atoms with Crippen LogP contribution in [0.3, 0.4) is 0 Å². The van der Waals surface area contributed by atoms with E-state index in [1.165, 1.54) is 0 Å². The van der Waals surface area contributed by atoms with Crippen LogP contribution in [-0.2, 0) is 10.8 Å². The zero-order chi connectivity index (χ0) is 59.5. The molecule has 0 amide bonds. The van der Waals surface area contributed by atoms with Gasteiger partial charge in [-0.25, -0.2) is 4.98 Å². The molecule has 0 aliphatic rings. The number of aromatic hydroxyl groups is 1. The Kier molecular flexibility index (Phi) is 6.35. The summed E-state index contributed by atoms with van der Waals surface area (Å²) in [6.07, 6.45) is -0.769. The SMILES string of the molecule is [2H]c1nc(-c2cc(-c3cccc4c3nc(-c3cc(C(C)C)cc(C(C)C)c3O)n4-c3ccc(-c4ccccc4)cc3C([2H])([2H])[2H])cc(C(C)(C)C)c2)c([2H])c(-c2c([2H])c([2H])c(C(C([2H])([2H])[2H])(C([2H])([2H])[2H])C([2H])([2H])[2H])c([2H])c2[2H])c1[2H]. The van der Waals surface area contributed by atoms with Crippen LogP contribution in [0.15, 0.2) is 139 Å². The second-order valence-electron chi connectivity index (χ2n) is 17.1. The van der Waals surface area contributed by atoms with Gasteiger partial charge in [-0.05, 0) is 134 Å². The lowest BCUT2D eigenvalue weighted by molar-refractivity contribution is 0.466. The van der Waals surface area contributed by atoms with Crippen LogP contribution in [0.5, 0.6) is 5.75 Å². The average Bonchev–Trinajstić information content (AvgIpc) is 3.74. The summed E-state index contributed by atoms with van der Waals surface area (Å²) in [5.74, 6) is 0.0903. The lowest BCUT2D eigenvalue weighted by Gasteiger charge is -2.22. The van der Waals surface area contributed by atoms with Crippen LogP contribution in [-0.4, -0.2) is 19.6 Å². The van der Waals surface area contributed by atoms with Crippen LogP contribution in [0.1, 0.15) is 135 Å². The van der Waals surface area contributed by atoms with Crippen LogP contribution < -0.4 is 0 Å². The van der Waals surface area contributed by atoms with Crippen molar-refractivity contribution in [3.05, 3.63) is 167 Å². The molecule has 0 fully saturated rings. The maximum Gasteiger partial charge on any atom is 0.149 e. The van der Waals surface area contributed by atoms with Crippen LogP contribution in [0.2, 0.25) is 0 Å². The number of hydrogen-bond donors (Lipinski definition) is 1. The van der Waals surface area contributed by atoms with Gasteiger partial charge >= 0.3 is 0 Å². The van der Waals surface area contributed by atoms with Gasteiger partial charge in [0.15, 0.2) is 0 Å². The molecule has 4 nitrogen and oxygen atoms in total. The lowest BCUT2D eigenvalue weighted by atomic mass is 9.83. The molecule has 0 spiro atoms. The largest absolute Gasteiger partial charge is 0.507 e. The van der Waals surface area contributed by atoms with Crippen LogP contribution in [0.25, 0.3) is 72.7 Å². The Bertz CT molecular complexity index is 3690. The normalized spacial score (nSPS) is 17.6. The first-order chi connectivity index (χ1) is 36.9. The van der Waals surface area contributed by atoms with E-state index in [1.54, 1.807) is 47.0 Å². The van der Waals surface area contributed by atoms with Crippen molar-refractivity contribution < 1.29 is 31.2 Å². The molecule has 0 aliphatic heterocycles. The Labute approximate surface area is 389 Å². The predicted molar refractivity (Wildman–Crippen MR) is 258 cm³/mol. The molecule has 8 aromatic rings. The number of phenolic OH excluding ortho intramolecular Hbond substituents is 1. The first-order valence-corrected chi connectivity index (χ1v) is 20.2. The minimum Gasteiger partial charge on any atom is -0.507 e. The van der Waals surface area contributed by atoms with Gasteiger partial charge in [0.1, 0.15) is 11.6 Å². The molecule has 0 aliphatic carbocycles. The fraction of sp³-hybridized carbons (Fsp3) is 0.263. The number of hydrogen-bond acceptors (Lipinski definition) is 3. The molecule has 0 unspecified atom stereocenters. The molecular weight excluding hydrogens is 743 g/mol. The third kappa shape index (κ3) is 8.16. The summed E-state index contributed by atoms with van der Waals surface area (Å²) >= 11 is 0. The number of para-hydroxylation sites is 1. The van der Waals surface area contributed by atoms with Crippen molar-refractivity contribution in [1.29, 1.82) is 0 Å². The molecule has 6 aromatic carbocycles. The van der Waals surface area contributed by atoms with E-state index in [9.17, 15) is 6.48 Å². The van der Waals surface area contributed by atoms with Gasteiger partial charge in [0.05, 0.1) is 37.6 Å². The molecule has 0 bridgehead atoms. The number of pyridine rings is 1. The van der Waals surface area contributed by atoms with Gasteiger partial charge in [-0.3, -0.25) is 9.55 Å². The third-order valence-corrected chi connectivity index (χ3v) is 10.9. The van der Waals surface area contributed by atoms with E-state index in [2.05, 4.69) is 4.98 Å². The number of phenols is 1. The molecule has 4 heteroatoms. The number of fused-ring (bicyclic) bond motifs is 1. The summed E-state index contributed by atoms with van der Waals surface area (Å²) in [5, 5.41) is 12.3. The quantitative estimate of drug-likeness (QED) is 0.166. The van der Waals surface area contributed by atoms with Crippen LogP contribution in [0, 0.1) is 6.85 Å². The molecule has 0 saturated heterocycles. The molecule has 0 saturated carbocycles. The predicted octanol–water partition coefficient (Wildman–Crippen LogP) is 15.6. The fourth-order valence-corrected chi connectivity index (χ4v) is 7.48. The van der Waals surface area contributed by atoms with Crippen LogP contribution in [0.4, 0.5) is 0 Å². The number of rotatable bonds is 8. The van der Waals surface area contributed by atoms with Gasteiger partial charge in [0.25, 0.3) is 0 Å². The monoisotopic (exact) mass is 821 g/mol. The maximum atomic E-state index is 12.3. The van der Waals surface area contributed by atoms with Gasteiger partial charge in [0, 0.05) is 33.7 Å². The van der Waals surface area contributed by atoms with Gasteiger partial charge < -0.3 is 5.11 Å². The number of aryl methyl sites for hydroxylation is 1. The second-order valence-corrected chi connectivity index (χ2v) is 17.1. The summed E-state index contributed by atoms with van der Waals surface area (Å²) in [4.78, 5) is 9.70. The first-order valence-electron chi connectivity index (χ1n) is 29.7. The highest BCUT2D eigenvalue weighted by Gasteiger charge is 2.25. The molecule has 0 atom stereocenters. The van der Waals surface area contributed by atoms with Crippen molar-refractivity contribution in [2.24, 2.45) is 0 Å². The van der Waals surface area contributed by atoms with Crippen molar-refractivity contribution >= 4 is 11.0 Å². The van der Waals surface area contributed by atoms with E-state index in [0.29, 0.717) is 44.4 Å². The van der Waals surface area contributed by atoms with E-state index in [1.807, 2.05) is 103 Å². The Morgan fingerprint density at radius 3 is 2.08 bits per heavy atom. The van der Waals surface area contributed by atoms with E-state index in [-0.39, 0.29) is 45.9 Å². The highest BCUT2D eigenvalue weighted by atomic mass is 16.3. The van der Waals surface area contributed by atoms with E-state index < -0.39 is 97.4 Å². The topological polar surface area (TPSA) is 50.9 Å². The number of aromatic nitrogens is 3. The van der Waals surface area contributed by atoms with Gasteiger partial charge in [-0.2, -0.15) is 0 Å². The van der Waals surface area contributed by atoms with Crippen molar-refractivity contribution in [3.63, 3.8) is 0 Å².